The zero-order valence-electron chi connectivity index (χ0n) is 12.6. The van der Waals surface area contributed by atoms with Crippen LogP contribution in [-0.2, 0) is 6.61 Å². The van der Waals surface area contributed by atoms with E-state index in [2.05, 4.69) is 18.2 Å². The van der Waals surface area contributed by atoms with Gasteiger partial charge in [-0.25, -0.2) is 0 Å². The molecule has 23 heavy (non-hydrogen) atoms. The third-order valence-corrected chi connectivity index (χ3v) is 3.92. The van der Waals surface area contributed by atoms with Crippen molar-refractivity contribution in [1.82, 2.24) is 0 Å². The Morgan fingerprint density at radius 3 is 2.65 bits per heavy atom. The van der Waals surface area contributed by atoms with Crippen LogP contribution in [0, 0.1) is 0 Å². The average Bonchev–Trinajstić information content (AvgIpc) is 2.60. The molecule has 0 aliphatic rings. The molecule has 3 aromatic carbocycles. The monoisotopic (exact) mass is 326 g/mol. The predicted molar refractivity (Wildman–Crippen MR) is 91.7 cm³/mol. The number of fused-ring (bicyclic) bond motifs is 1. The molecule has 0 aliphatic carbocycles. The van der Waals surface area contributed by atoms with Crippen LogP contribution in [0.15, 0.2) is 54.6 Å². The second kappa shape index (κ2) is 6.71. The molecule has 0 heterocycles. The molecule has 0 saturated heterocycles. The van der Waals surface area contributed by atoms with Crippen molar-refractivity contribution < 1.29 is 14.3 Å². The lowest BCUT2D eigenvalue weighted by Gasteiger charge is -2.14. The summed E-state index contributed by atoms with van der Waals surface area (Å²) in [7, 11) is 1.52. The predicted octanol–water partition coefficient (Wildman–Crippen LogP) is 4.89. The molecule has 0 radical (unpaired) electrons. The molecule has 0 saturated carbocycles. The highest BCUT2D eigenvalue weighted by Crippen LogP contribution is 2.36. The van der Waals surface area contributed by atoms with Crippen LogP contribution in [0.2, 0.25) is 5.02 Å². The van der Waals surface area contributed by atoms with Gasteiger partial charge in [0.15, 0.2) is 11.5 Å². The molecular formula is C19H15ClO3. The summed E-state index contributed by atoms with van der Waals surface area (Å²) in [5, 5.41) is 2.64. The Kier molecular flexibility index (Phi) is 4.49. The topological polar surface area (TPSA) is 35.5 Å². The van der Waals surface area contributed by atoms with Crippen LogP contribution in [0.3, 0.4) is 0 Å². The Morgan fingerprint density at radius 1 is 1.09 bits per heavy atom. The van der Waals surface area contributed by atoms with E-state index >= 15 is 0 Å². The molecule has 0 bridgehead atoms. The van der Waals surface area contributed by atoms with Crippen molar-refractivity contribution in [3.05, 3.63) is 70.7 Å². The average molecular weight is 327 g/mol. The minimum absolute atomic E-state index is 0.353. The van der Waals surface area contributed by atoms with Crippen molar-refractivity contribution in [2.45, 2.75) is 6.61 Å². The maximum absolute atomic E-state index is 10.9. The molecule has 0 fully saturated rings. The summed E-state index contributed by atoms with van der Waals surface area (Å²) >= 11 is 6.21. The van der Waals surface area contributed by atoms with Gasteiger partial charge in [0.1, 0.15) is 12.9 Å². The van der Waals surface area contributed by atoms with Crippen LogP contribution in [0.5, 0.6) is 11.5 Å². The van der Waals surface area contributed by atoms with E-state index in [0.29, 0.717) is 28.7 Å². The lowest BCUT2D eigenvalue weighted by atomic mass is 10.1. The number of methoxy groups -OCH3 is 1. The quantitative estimate of drug-likeness (QED) is 0.626. The Hall–Kier alpha value is -2.52. The summed E-state index contributed by atoms with van der Waals surface area (Å²) in [5.74, 6) is 0.882. The van der Waals surface area contributed by atoms with Gasteiger partial charge in [0.2, 0.25) is 0 Å². The summed E-state index contributed by atoms with van der Waals surface area (Å²) in [4.78, 5) is 10.9. The van der Waals surface area contributed by atoms with Gasteiger partial charge in [-0.15, -0.1) is 0 Å². The van der Waals surface area contributed by atoms with E-state index < -0.39 is 0 Å². The molecular weight excluding hydrogens is 312 g/mol. The molecule has 4 heteroatoms. The number of benzene rings is 3. The van der Waals surface area contributed by atoms with E-state index in [-0.39, 0.29) is 0 Å². The maximum Gasteiger partial charge on any atom is 0.180 e. The van der Waals surface area contributed by atoms with E-state index in [4.69, 9.17) is 21.1 Å². The number of aldehydes is 1. The third kappa shape index (κ3) is 3.15. The van der Waals surface area contributed by atoms with Gasteiger partial charge in [-0.05, 0) is 28.5 Å². The fourth-order valence-electron chi connectivity index (χ4n) is 2.52. The van der Waals surface area contributed by atoms with E-state index in [0.717, 1.165) is 22.6 Å². The van der Waals surface area contributed by atoms with Gasteiger partial charge in [0.05, 0.1) is 12.1 Å². The second-order valence-corrected chi connectivity index (χ2v) is 5.49. The first-order valence-electron chi connectivity index (χ1n) is 7.15. The Labute approximate surface area is 139 Å². The molecule has 116 valence electrons. The first-order chi connectivity index (χ1) is 11.2. The third-order valence-electron chi connectivity index (χ3n) is 3.64. The van der Waals surface area contributed by atoms with Crippen molar-refractivity contribution in [2.24, 2.45) is 0 Å². The standard InChI is InChI=1S/C19H15ClO3/c1-22-18-10-13(11-21)9-17(20)19(18)23-12-15-7-4-6-14-5-2-3-8-16(14)15/h2-11H,12H2,1H3. The van der Waals surface area contributed by atoms with E-state index in [9.17, 15) is 4.79 Å². The van der Waals surface area contributed by atoms with Gasteiger partial charge in [0.25, 0.3) is 0 Å². The minimum Gasteiger partial charge on any atom is -0.493 e. The highest BCUT2D eigenvalue weighted by molar-refractivity contribution is 6.32. The highest BCUT2D eigenvalue weighted by atomic mass is 35.5. The van der Waals surface area contributed by atoms with Gasteiger partial charge in [0, 0.05) is 5.56 Å². The van der Waals surface area contributed by atoms with Crippen LogP contribution in [0.4, 0.5) is 0 Å². The molecule has 0 aromatic heterocycles. The summed E-state index contributed by atoms with van der Waals surface area (Å²) < 4.78 is 11.2. The minimum atomic E-state index is 0.353. The lowest BCUT2D eigenvalue weighted by Crippen LogP contribution is -2.00. The Morgan fingerprint density at radius 2 is 1.87 bits per heavy atom. The molecule has 0 spiro atoms. The Balaban J connectivity index is 1.92. The number of carbonyl (C=O) groups excluding carboxylic acids is 1. The zero-order valence-corrected chi connectivity index (χ0v) is 13.3. The van der Waals surface area contributed by atoms with Gasteiger partial charge >= 0.3 is 0 Å². The van der Waals surface area contributed by atoms with Crippen molar-refractivity contribution in [3.63, 3.8) is 0 Å². The summed E-state index contributed by atoms with van der Waals surface area (Å²) in [5.41, 5.74) is 1.50. The molecule has 3 aromatic rings. The van der Waals surface area contributed by atoms with E-state index in [1.54, 1.807) is 12.1 Å². The number of carbonyl (C=O) groups is 1. The van der Waals surface area contributed by atoms with Crippen LogP contribution in [0.25, 0.3) is 10.8 Å². The fraction of sp³-hybridized carbons (Fsp3) is 0.105. The molecule has 3 rings (SSSR count). The van der Waals surface area contributed by atoms with E-state index in [1.165, 1.54) is 7.11 Å². The van der Waals surface area contributed by atoms with Crippen LogP contribution < -0.4 is 9.47 Å². The lowest BCUT2D eigenvalue weighted by molar-refractivity contribution is 0.112. The number of ether oxygens (including phenoxy) is 2. The van der Waals surface area contributed by atoms with Crippen LogP contribution in [0.1, 0.15) is 15.9 Å². The van der Waals surface area contributed by atoms with Gasteiger partial charge in [-0.1, -0.05) is 54.1 Å². The SMILES string of the molecule is COc1cc(C=O)cc(Cl)c1OCc1cccc2ccccc12. The highest BCUT2D eigenvalue weighted by Gasteiger charge is 2.12. The van der Waals surface area contributed by atoms with Crippen molar-refractivity contribution in [3.8, 4) is 11.5 Å². The molecule has 0 unspecified atom stereocenters. The smallest absolute Gasteiger partial charge is 0.180 e. The first-order valence-corrected chi connectivity index (χ1v) is 7.53. The molecule has 0 atom stereocenters. The number of hydrogen-bond donors (Lipinski definition) is 0. The summed E-state index contributed by atoms with van der Waals surface area (Å²) in [6, 6.07) is 17.4. The van der Waals surface area contributed by atoms with Gasteiger partial charge in [-0.2, -0.15) is 0 Å². The van der Waals surface area contributed by atoms with E-state index in [1.807, 2.05) is 24.3 Å². The van der Waals surface area contributed by atoms with Gasteiger partial charge < -0.3 is 9.47 Å². The second-order valence-electron chi connectivity index (χ2n) is 5.08. The summed E-state index contributed by atoms with van der Waals surface area (Å²) in [6.45, 7) is 0.359. The zero-order chi connectivity index (χ0) is 16.2. The van der Waals surface area contributed by atoms with Crippen molar-refractivity contribution in [1.29, 1.82) is 0 Å². The number of halogens is 1. The fourth-order valence-corrected chi connectivity index (χ4v) is 2.79. The maximum atomic E-state index is 10.9. The number of hydrogen-bond acceptors (Lipinski definition) is 3. The molecule has 3 nitrogen and oxygen atoms in total. The largest absolute Gasteiger partial charge is 0.493 e. The van der Waals surface area contributed by atoms with Crippen molar-refractivity contribution in [2.75, 3.05) is 7.11 Å². The van der Waals surface area contributed by atoms with Crippen LogP contribution in [-0.4, -0.2) is 13.4 Å². The first kappa shape index (κ1) is 15.4. The van der Waals surface area contributed by atoms with Gasteiger partial charge in [-0.3, -0.25) is 4.79 Å². The molecule has 0 aliphatic heterocycles. The molecule has 0 N–H and O–H groups in total. The molecule has 0 amide bonds. The Bertz CT molecular complexity index is 853. The summed E-state index contributed by atoms with van der Waals surface area (Å²) in [6.07, 6.45) is 0.725. The normalized spacial score (nSPS) is 10.5. The number of rotatable bonds is 5. The van der Waals surface area contributed by atoms with Crippen molar-refractivity contribution >= 4 is 28.7 Å². The van der Waals surface area contributed by atoms with Crippen LogP contribution >= 0.6 is 11.6 Å².